The van der Waals surface area contributed by atoms with Crippen LogP contribution in [0.2, 0.25) is 0 Å². The highest BCUT2D eigenvalue weighted by atomic mass is 35.5. The van der Waals surface area contributed by atoms with Gasteiger partial charge in [-0.2, -0.15) is 0 Å². The fourth-order valence-corrected chi connectivity index (χ4v) is 2.50. The molecule has 3 N–H and O–H groups in total. The highest BCUT2D eigenvalue weighted by Gasteiger charge is 2.29. The number of aryl methyl sites for hydroxylation is 1. The number of anilines is 1. The maximum atomic E-state index is 12.2. The van der Waals surface area contributed by atoms with Crippen molar-refractivity contribution < 1.29 is 9.53 Å². The molecule has 3 rings (SSSR count). The van der Waals surface area contributed by atoms with Gasteiger partial charge in [0.15, 0.2) is 5.82 Å². The first-order chi connectivity index (χ1) is 10.7. The van der Waals surface area contributed by atoms with E-state index in [-0.39, 0.29) is 24.4 Å². The molecule has 0 bridgehead atoms. The topological polar surface area (TPSA) is 108 Å². The Morgan fingerprint density at radius 1 is 1.48 bits per heavy atom. The zero-order chi connectivity index (χ0) is 15.5. The molecule has 2 atom stereocenters. The standard InChI is InChI=1S/C14H18N6O2.ClH/c1-20-13(17-18-19-20)9-3-2-4-10(7-9)16-14(21)12-6-5-11(8-15)22-12;/h2-4,7,11-12H,5-6,8,15H2,1H3,(H,16,21);1H/t11-,12+;/m1./s1. The number of halogens is 1. The quantitative estimate of drug-likeness (QED) is 0.851. The third-order valence-electron chi connectivity index (χ3n) is 3.67. The van der Waals surface area contributed by atoms with Crippen molar-refractivity contribution in [3.05, 3.63) is 24.3 Å². The summed E-state index contributed by atoms with van der Waals surface area (Å²) in [6.07, 6.45) is 1.06. The van der Waals surface area contributed by atoms with Crippen molar-refractivity contribution in [1.82, 2.24) is 20.2 Å². The van der Waals surface area contributed by atoms with Gasteiger partial charge in [0.05, 0.1) is 6.10 Å². The molecule has 9 heteroatoms. The molecule has 2 heterocycles. The minimum absolute atomic E-state index is 0. The number of hydrogen-bond donors (Lipinski definition) is 2. The van der Waals surface area contributed by atoms with E-state index >= 15 is 0 Å². The number of hydrogen-bond acceptors (Lipinski definition) is 6. The number of benzene rings is 1. The van der Waals surface area contributed by atoms with Gasteiger partial charge in [-0.1, -0.05) is 12.1 Å². The Balaban J connectivity index is 0.00000192. The summed E-state index contributed by atoms with van der Waals surface area (Å²) in [5.41, 5.74) is 7.08. The summed E-state index contributed by atoms with van der Waals surface area (Å²) in [6.45, 7) is 0.443. The lowest BCUT2D eigenvalue weighted by Crippen LogP contribution is -2.29. The molecule has 0 radical (unpaired) electrons. The number of ether oxygens (including phenoxy) is 1. The molecule has 1 aliphatic heterocycles. The molecule has 0 unspecified atom stereocenters. The Morgan fingerprint density at radius 3 is 2.96 bits per heavy atom. The molecule has 23 heavy (non-hydrogen) atoms. The first-order valence-electron chi connectivity index (χ1n) is 7.16. The van der Waals surface area contributed by atoms with Gasteiger partial charge in [-0.3, -0.25) is 4.79 Å². The van der Waals surface area contributed by atoms with Gasteiger partial charge in [-0.25, -0.2) is 4.68 Å². The zero-order valence-electron chi connectivity index (χ0n) is 12.7. The second kappa shape index (κ2) is 7.49. The molecule has 1 amide bonds. The number of nitrogens with zero attached hydrogens (tertiary/aromatic N) is 4. The predicted molar refractivity (Wildman–Crippen MR) is 87.1 cm³/mol. The molecular weight excluding hydrogens is 320 g/mol. The number of aromatic nitrogens is 4. The number of amides is 1. The molecular formula is C14H19ClN6O2. The average Bonchev–Trinajstić information content (AvgIpc) is 3.16. The van der Waals surface area contributed by atoms with Crippen LogP contribution in [0.4, 0.5) is 5.69 Å². The van der Waals surface area contributed by atoms with E-state index in [1.807, 2.05) is 24.3 Å². The van der Waals surface area contributed by atoms with Gasteiger partial charge in [0.2, 0.25) is 0 Å². The van der Waals surface area contributed by atoms with Gasteiger partial charge in [0, 0.05) is 24.8 Å². The maximum absolute atomic E-state index is 12.2. The lowest BCUT2D eigenvalue weighted by atomic mass is 10.1. The summed E-state index contributed by atoms with van der Waals surface area (Å²) in [6, 6.07) is 7.38. The summed E-state index contributed by atoms with van der Waals surface area (Å²) >= 11 is 0. The summed E-state index contributed by atoms with van der Waals surface area (Å²) in [5, 5.41) is 14.2. The van der Waals surface area contributed by atoms with Crippen molar-refractivity contribution in [2.45, 2.75) is 25.0 Å². The Morgan fingerprint density at radius 2 is 2.30 bits per heavy atom. The van der Waals surface area contributed by atoms with Crippen molar-refractivity contribution >= 4 is 24.0 Å². The Bertz CT molecular complexity index is 677. The number of tetrazole rings is 1. The number of carbonyl (C=O) groups excluding carboxylic acids is 1. The average molecular weight is 339 g/mol. The van der Waals surface area contributed by atoms with Crippen LogP contribution in [0, 0.1) is 0 Å². The summed E-state index contributed by atoms with van der Waals surface area (Å²) < 4.78 is 7.17. The normalized spacial score (nSPS) is 20.1. The van der Waals surface area contributed by atoms with E-state index in [1.165, 1.54) is 0 Å². The lowest BCUT2D eigenvalue weighted by molar-refractivity contribution is -0.126. The van der Waals surface area contributed by atoms with Gasteiger partial charge >= 0.3 is 0 Å². The second-order valence-electron chi connectivity index (χ2n) is 5.26. The van der Waals surface area contributed by atoms with E-state index in [4.69, 9.17) is 10.5 Å². The van der Waals surface area contributed by atoms with Crippen LogP contribution in [-0.4, -0.2) is 44.9 Å². The van der Waals surface area contributed by atoms with E-state index in [0.29, 0.717) is 24.5 Å². The maximum Gasteiger partial charge on any atom is 0.253 e. The molecule has 1 aromatic carbocycles. The van der Waals surface area contributed by atoms with E-state index < -0.39 is 6.10 Å². The van der Waals surface area contributed by atoms with E-state index in [1.54, 1.807) is 11.7 Å². The largest absolute Gasteiger partial charge is 0.364 e. The Labute approximate surface area is 139 Å². The molecule has 1 fully saturated rings. The Hall–Kier alpha value is -2.03. The minimum atomic E-state index is -0.436. The lowest BCUT2D eigenvalue weighted by Gasteiger charge is -2.13. The molecule has 2 aromatic rings. The SMILES string of the molecule is Cl.Cn1nnnc1-c1cccc(NC(=O)[C@@H]2CC[C@H](CN)O2)c1. The van der Waals surface area contributed by atoms with E-state index in [2.05, 4.69) is 20.8 Å². The first kappa shape index (κ1) is 17.3. The molecule has 1 aliphatic rings. The van der Waals surface area contributed by atoms with Gasteiger partial charge in [0.1, 0.15) is 6.10 Å². The highest BCUT2D eigenvalue weighted by Crippen LogP contribution is 2.23. The van der Waals surface area contributed by atoms with Crippen molar-refractivity contribution in [2.24, 2.45) is 12.8 Å². The molecule has 0 aliphatic carbocycles. The fraction of sp³-hybridized carbons (Fsp3) is 0.429. The molecule has 0 spiro atoms. The zero-order valence-corrected chi connectivity index (χ0v) is 13.5. The van der Waals surface area contributed by atoms with Crippen LogP contribution >= 0.6 is 12.4 Å². The highest BCUT2D eigenvalue weighted by molar-refractivity contribution is 5.94. The fourth-order valence-electron chi connectivity index (χ4n) is 2.50. The number of rotatable bonds is 4. The van der Waals surface area contributed by atoms with Crippen molar-refractivity contribution in [3.8, 4) is 11.4 Å². The molecule has 1 saturated heterocycles. The smallest absolute Gasteiger partial charge is 0.253 e. The number of nitrogens with two attached hydrogens (primary N) is 1. The van der Waals surface area contributed by atoms with Gasteiger partial charge in [0.25, 0.3) is 5.91 Å². The van der Waals surface area contributed by atoms with Crippen LogP contribution in [-0.2, 0) is 16.6 Å². The summed E-state index contributed by atoms with van der Waals surface area (Å²) in [7, 11) is 1.76. The van der Waals surface area contributed by atoms with Gasteiger partial charge in [-0.15, -0.1) is 17.5 Å². The molecule has 124 valence electrons. The number of nitrogens with one attached hydrogen (secondary N) is 1. The first-order valence-corrected chi connectivity index (χ1v) is 7.16. The number of carbonyl (C=O) groups is 1. The van der Waals surface area contributed by atoms with E-state index in [0.717, 1.165) is 12.0 Å². The van der Waals surface area contributed by atoms with Crippen LogP contribution in [0.1, 0.15) is 12.8 Å². The van der Waals surface area contributed by atoms with Crippen molar-refractivity contribution in [3.63, 3.8) is 0 Å². The van der Waals surface area contributed by atoms with Gasteiger partial charge in [-0.05, 0) is 35.4 Å². The van der Waals surface area contributed by atoms with Crippen LogP contribution in [0.3, 0.4) is 0 Å². The van der Waals surface area contributed by atoms with Crippen molar-refractivity contribution in [2.75, 3.05) is 11.9 Å². The second-order valence-corrected chi connectivity index (χ2v) is 5.26. The third kappa shape index (κ3) is 3.84. The van der Waals surface area contributed by atoms with Gasteiger partial charge < -0.3 is 15.8 Å². The van der Waals surface area contributed by atoms with E-state index in [9.17, 15) is 4.79 Å². The summed E-state index contributed by atoms with van der Waals surface area (Å²) in [4.78, 5) is 12.2. The third-order valence-corrected chi connectivity index (χ3v) is 3.67. The van der Waals surface area contributed by atoms with Crippen LogP contribution in [0.5, 0.6) is 0 Å². The van der Waals surface area contributed by atoms with Crippen LogP contribution in [0.25, 0.3) is 11.4 Å². The van der Waals surface area contributed by atoms with Crippen molar-refractivity contribution in [1.29, 1.82) is 0 Å². The Kier molecular flexibility index (Phi) is 5.64. The minimum Gasteiger partial charge on any atom is -0.364 e. The van der Waals surface area contributed by atoms with Crippen LogP contribution in [0.15, 0.2) is 24.3 Å². The molecule has 1 aromatic heterocycles. The molecule has 8 nitrogen and oxygen atoms in total. The monoisotopic (exact) mass is 338 g/mol. The molecule has 0 saturated carbocycles. The summed E-state index contributed by atoms with van der Waals surface area (Å²) in [5.74, 6) is 0.487. The van der Waals surface area contributed by atoms with Crippen LogP contribution < -0.4 is 11.1 Å². The predicted octanol–water partition coefficient (Wildman–Crippen LogP) is 0.744.